The second-order valence-electron chi connectivity index (χ2n) is 3.81. The number of rotatable bonds is 4. The molecule has 1 nitrogen and oxygen atoms in total. The third-order valence-corrected chi connectivity index (χ3v) is 3.39. The minimum atomic E-state index is 0.0452. The van der Waals surface area contributed by atoms with Crippen molar-refractivity contribution in [2.75, 3.05) is 6.26 Å². The van der Waals surface area contributed by atoms with E-state index in [0.29, 0.717) is 0 Å². The summed E-state index contributed by atoms with van der Waals surface area (Å²) in [6.07, 6.45) is 3.69. The molecule has 0 saturated heterocycles. The van der Waals surface area contributed by atoms with Crippen LogP contribution < -0.4 is 0 Å². The SMILES string of the molecule is CS/C(=C\C(=O)c1ccccc1)c1ccccc1. The van der Waals surface area contributed by atoms with Crippen LogP contribution in [0.2, 0.25) is 0 Å². The maximum Gasteiger partial charge on any atom is 0.186 e. The highest BCUT2D eigenvalue weighted by molar-refractivity contribution is 8.07. The van der Waals surface area contributed by atoms with E-state index in [9.17, 15) is 4.79 Å². The zero-order chi connectivity index (χ0) is 12.8. The molecule has 90 valence electrons. The summed E-state index contributed by atoms with van der Waals surface area (Å²) in [7, 11) is 0. The van der Waals surface area contributed by atoms with Crippen LogP contribution in [0, 0.1) is 0 Å². The maximum atomic E-state index is 12.1. The molecule has 0 unspecified atom stereocenters. The molecule has 0 saturated carbocycles. The summed E-state index contributed by atoms with van der Waals surface area (Å²) in [5.74, 6) is 0.0452. The lowest BCUT2D eigenvalue weighted by molar-refractivity contribution is 0.104. The fourth-order valence-electron chi connectivity index (χ4n) is 1.67. The molecule has 18 heavy (non-hydrogen) atoms. The second kappa shape index (κ2) is 6.22. The maximum absolute atomic E-state index is 12.1. The Morgan fingerprint density at radius 1 is 0.889 bits per heavy atom. The fourth-order valence-corrected chi connectivity index (χ4v) is 2.26. The smallest absolute Gasteiger partial charge is 0.186 e. The standard InChI is InChI=1S/C16H14OS/c1-18-16(14-10-6-3-7-11-14)12-15(17)13-8-4-2-5-9-13/h2-12H,1H3/b16-12-. The molecule has 0 aliphatic rings. The van der Waals surface area contributed by atoms with Crippen molar-refractivity contribution in [3.8, 4) is 0 Å². The van der Waals surface area contributed by atoms with Gasteiger partial charge in [0.2, 0.25) is 0 Å². The Bertz CT molecular complexity index is 544. The molecule has 0 fully saturated rings. The lowest BCUT2D eigenvalue weighted by Crippen LogP contribution is -1.94. The molecule has 0 radical (unpaired) electrons. The molecule has 0 atom stereocenters. The van der Waals surface area contributed by atoms with Gasteiger partial charge in [0.05, 0.1) is 0 Å². The lowest BCUT2D eigenvalue weighted by atomic mass is 10.1. The first-order valence-corrected chi connectivity index (χ1v) is 6.94. The summed E-state index contributed by atoms with van der Waals surface area (Å²) >= 11 is 1.59. The van der Waals surface area contributed by atoms with E-state index in [1.807, 2.05) is 66.9 Å². The van der Waals surface area contributed by atoms with Crippen LogP contribution in [0.3, 0.4) is 0 Å². The molecule has 2 aromatic carbocycles. The van der Waals surface area contributed by atoms with E-state index in [0.717, 1.165) is 16.0 Å². The Morgan fingerprint density at radius 3 is 1.89 bits per heavy atom. The summed E-state index contributed by atoms with van der Waals surface area (Å²) in [5.41, 5.74) is 1.80. The second-order valence-corrected chi connectivity index (χ2v) is 4.66. The molecule has 2 heteroatoms. The highest BCUT2D eigenvalue weighted by Gasteiger charge is 2.05. The van der Waals surface area contributed by atoms with Gasteiger partial charge < -0.3 is 0 Å². The van der Waals surface area contributed by atoms with E-state index in [1.54, 1.807) is 17.8 Å². The Morgan fingerprint density at radius 2 is 1.39 bits per heavy atom. The van der Waals surface area contributed by atoms with E-state index in [-0.39, 0.29) is 5.78 Å². The number of benzene rings is 2. The normalized spacial score (nSPS) is 11.3. The van der Waals surface area contributed by atoms with Crippen molar-refractivity contribution in [3.05, 3.63) is 77.9 Å². The predicted molar refractivity (Wildman–Crippen MR) is 78.7 cm³/mol. The fraction of sp³-hybridized carbons (Fsp3) is 0.0625. The number of hydrogen-bond acceptors (Lipinski definition) is 2. The Kier molecular flexibility index (Phi) is 4.37. The zero-order valence-electron chi connectivity index (χ0n) is 10.2. The first kappa shape index (κ1) is 12.7. The number of carbonyl (C=O) groups is 1. The monoisotopic (exact) mass is 254 g/mol. The largest absolute Gasteiger partial charge is 0.289 e. The van der Waals surface area contributed by atoms with Gasteiger partial charge in [-0.15, -0.1) is 11.8 Å². The van der Waals surface area contributed by atoms with Crippen molar-refractivity contribution in [1.82, 2.24) is 0 Å². The van der Waals surface area contributed by atoms with E-state index in [1.165, 1.54) is 0 Å². The lowest BCUT2D eigenvalue weighted by Gasteiger charge is -2.04. The Balaban J connectivity index is 2.29. The molecule has 2 aromatic rings. The molecule has 0 bridgehead atoms. The van der Waals surface area contributed by atoms with Crippen molar-refractivity contribution >= 4 is 22.5 Å². The van der Waals surface area contributed by atoms with Crippen LogP contribution >= 0.6 is 11.8 Å². The molecule has 0 aliphatic carbocycles. The van der Waals surface area contributed by atoms with Crippen LogP contribution in [-0.2, 0) is 0 Å². The van der Waals surface area contributed by atoms with Crippen LogP contribution in [0.4, 0.5) is 0 Å². The van der Waals surface area contributed by atoms with E-state index in [2.05, 4.69) is 0 Å². The van der Waals surface area contributed by atoms with Gasteiger partial charge in [0.15, 0.2) is 5.78 Å². The van der Waals surface area contributed by atoms with Gasteiger partial charge in [-0.25, -0.2) is 0 Å². The predicted octanol–water partition coefficient (Wildman–Crippen LogP) is 4.27. The average Bonchev–Trinajstić information content (AvgIpc) is 2.46. The van der Waals surface area contributed by atoms with Crippen LogP contribution in [0.15, 0.2) is 66.7 Å². The summed E-state index contributed by atoms with van der Waals surface area (Å²) in [4.78, 5) is 13.1. The number of thioether (sulfide) groups is 1. The topological polar surface area (TPSA) is 17.1 Å². The van der Waals surface area contributed by atoms with Gasteiger partial charge in [-0.3, -0.25) is 4.79 Å². The molecule has 0 heterocycles. The third kappa shape index (κ3) is 3.11. The van der Waals surface area contributed by atoms with Gasteiger partial charge in [0.25, 0.3) is 0 Å². The quantitative estimate of drug-likeness (QED) is 0.598. The Hall–Kier alpha value is -1.80. The molecule has 0 N–H and O–H groups in total. The summed E-state index contributed by atoms with van der Waals surface area (Å²) in [5, 5.41) is 0. The highest BCUT2D eigenvalue weighted by atomic mass is 32.2. The third-order valence-electron chi connectivity index (χ3n) is 2.60. The van der Waals surface area contributed by atoms with Crippen LogP contribution in [0.25, 0.3) is 4.91 Å². The highest BCUT2D eigenvalue weighted by Crippen LogP contribution is 2.25. The minimum absolute atomic E-state index is 0.0452. The number of ketones is 1. The number of carbonyl (C=O) groups excluding carboxylic acids is 1. The van der Waals surface area contributed by atoms with E-state index < -0.39 is 0 Å². The zero-order valence-corrected chi connectivity index (χ0v) is 11.0. The van der Waals surface area contributed by atoms with Crippen LogP contribution in [0.5, 0.6) is 0 Å². The molecular formula is C16H14OS. The first-order chi connectivity index (χ1) is 8.81. The van der Waals surface area contributed by atoms with Crippen LogP contribution in [-0.4, -0.2) is 12.0 Å². The van der Waals surface area contributed by atoms with Gasteiger partial charge in [-0.2, -0.15) is 0 Å². The van der Waals surface area contributed by atoms with Crippen LogP contribution in [0.1, 0.15) is 15.9 Å². The van der Waals surface area contributed by atoms with Gasteiger partial charge in [-0.1, -0.05) is 60.7 Å². The van der Waals surface area contributed by atoms with Crippen molar-refractivity contribution in [2.45, 2.75) is 0 Å². The van der Waals surface area contributed by atoms with E-state index in [4.69, 9.17) is 0 Å². The Labute approximate surface area is 112 Å². The van der Waals surface area contributed by atoms with Crippen molar-refractivity contribution < 1.29 is 4.79 Å². The summed E-state index contributed by atoms with van der Waals surface area (Å²) in [6, 6.07) is 19.3. The van der Waals surface area contributed by atoms with Crippen molar-refractivity contribution in [2.24, 2.45) is 0 Å². The molecular weight excluding hydrogens is 240 g/mol. The van der Waals surface area contributed by atoms with Gasteiger partial charge in [0, 0.05) is 16.5 Å². The number of allylic oxidation sites excluding steroid dienone is 1. The molecule has 0 amide bonds. The van der Waals surface area contributed by atoms with Crippen molar-refractivity contribution in [1.29, 1.82) is 0 Å². The van der Waals surface area contributed by atoms with Gasteiger partial charge in [-0.05, 0) is 11.8 Å². The molecule has 2 rings (SSSR count). The van der Waals surface area contributed by atoms with Crippen molar-refractivity contribution in [3.63, 3.8) is 0 Å². The summed E-state index contributed by atoms with van der Waals surface area (Å²) < 4.78 is 0. The first-order valence-electron chi connectivity index (χ1n) is 5.72. The average molecular weight is 254 g/mol. The van der Waals surface area contributed by atoms with Gasteiger partial charge >= 0.3 is 0 Å². The van der Waals surface area contributed by atoms with E-state index >= 15 is 0 Å². The molecule has 0 aliphatic heterocycles. The molecule has 0 spiro atoms. The minimum Gasteiger partial charge on any atom is -0.289 e. The molecule has 0 aromatic heterocycles. The summed E-state index contributed by atoms with van der Waals surface area (Å²) in [6.45, 7) is 0. The number of hydrogen-bond donors (Lipinski definition) is 0. The van der Waals surface area contributed by atoms with Gasteiger partial charge in [0.1, 0.15) is 0 Å².